The summed E-state index contributed by atoms with van der Waals surface area (Å²) < 4.78 is 5.49. The third kappa shape index (κ3) is 4.24. The van der Waals surface area contributed by atoms with Gasteiger partial charge in [-0.2, -0.15) is 0 Å². The van der Waals surface area contributed by atoms with Crippen LogP contribution in [0.2, 0.25) is 0 Å². The van der Waals surface area contributed by atoms with Crippen molar-refractivity contribution < 1.29 is 4.74 Å². The molecule has 2 aliphatic rings. The average Bonchev–Trinajstić information content (AvgIpc) is 3.11. The summed E-state index contributed by atoms with van der Waals surface area (Å²) in [5, 5.41) is 3.74. The van der Waals surface area contributed by atoms with E-state index in [2.05, 4.69) is 33.0 Å². The highest BCUT2D eigenvalue weighted by molar-refractivity contribution is 4.95. The largest absolute Gasteiger partial charge is 0.381 e. The Kier molecular flexibility index (Phi) is 4.38. The predicted molar refractivity (Wildman–Crippen MR) is 76.7 cm³/mol. The molecular formula is C16H31NO. The van der Waals surface area contributed by atoms with Gasteiger partial charge in [-0.05, 0) is 70.1 Å². The predicted octanol–water partition coefficient (Wildman–Crippen LogP) is 3.61. The van der Waals surface area contributed by atoms with Crippen LogP contribution >= 0.6 is 0 Å². The summed E-state index contributed by atoms with van der Waals surface area (Å²) in [7, 11) is 0. The second-order valence-corrected chi connectivity index (χ2v) is 7.79. The van der Waals surface area contributed by atoms with E-state index in [-0.39, 0.29) is 5.54 Å². The quantitative estimate of drug-likeness (QED) is 0.808. The van der Waals surface area contributed by atoms with Gasteiger partial charge in [0, 0.05) is 25.3 Å². The third-order valence-corrected chi connectivity index (χ3v) is 4.68. The van der Waals surface area contributed by atoms with Crippen LogP contribution in [-0.2, 0) is 4.74 Å². The molecule has 2 fully saturated rings. The standard InChI is InChI=1S/C16H31NO/c1-15(2,3)17-12-16(4,14-5-6-14)11-13-7-9-18-10-8-13/h13-14,17H,5-12H2,1-4H3. The zero-order valence-corrected chi connectivity index (χ0v) is 12.7. The van der Waals surface area contributed by atoms with Gasteiger partial charge in [0.2, 0.25) is 0 Å². The average molecular weight is 253 g/mol. The Morgan fingerprint density at radius 2 is 1.61 bits per heavy atom. The van der Waals surface area contributed by atoms with Crippen molar-refractivity contribution >= 4 is 0 Å². The molecule has 0 aromatic carbocycles. The molecule has 1 heterocycles. The van der Waals surface area contributed by atoms with Gasteiger partial charge in [-0.25, -0.2) is 0 Å². The SMILES string of the molecule is CC(C)(C)NCC(C)(CC1CCOCC1)C1CC1. The molecule has 0 amide bonds. The van der Waals surface area contributed by atoms with E-state index in [4.69, 9.17) is 4.74 Å². The smallest absolute Gasteiger partial charge is 0.0468 e. The Morgan fingerprint density at radius 3 is 2.11 bits per heavy atom. The van der Waals surface area contributed by atoms with E-state index in [1.165, 1.54) is 38.6 Å². The van der Waals surface area contributed by atoms with Gasteiger partial charge in [-0.1, -0.05) is 6.92 Å². The van der Waals surface area contributed by atoms with Crippen molar-refractivity contribution in [2.75, 3.05) is 19.8 Å². The van der Waals surface area contributed by atoms with Crippen molar-refractivity contribution in [2.45, 2.75) is 65.3 Å². The van der Waals surface area contributed by atoms with E-state index < -0.39 is 0 Å². The first-order chi connectivity index (χ1) is 8.39. The van der Waals surface area contributed by atoms with Gasteiger partial charge in [0.25, 0.3) is 0 Å². The molecule has 2 heteroatoms. The molecule has 1 saturated carbocycles. The summed E-state index contributed by atoms with van der Waals surface area (Å²) in [6.45, 7) is 12.5. The molecule has 1 aliphatic carbocycles. The second-order valence-electron chi connectivity index (χ2n) is 7.79. The highest BCUT2D eigenvalue weighted by Gasteiger charge is 2.42. The normalized spacial score (nSPS) is 26.0. The van der Waals surface area contributed by atoms with Gasteiger partial charge in [0.1, 0.15) is 0 Å². The van der Waals surface area contributed by atoms with Gasteiger partial charge in [0.05, 0.1) is 0 Å². The minimum atomic E-state index is 0.242. The molecule has 1 saturated heterocycles. The summed E-state index contributed by atoms with van der Waals surface area (Å²) in [6.07, 6.45) is 6.84. The van der Waals surface area contributed by atoms with Crippen LogP contribution < -0.4 is 5.32 Å². The first-order valence-electron chi connectivity index (χ1n) is 7.72. The lowest BCUT2D eigenvalue weighted by Gasteiger charge is -2.38. The van der Waals surface area contributed by atoms with Crippen molar-refractivity contribution in [1.82, 2.24) is 5.32 Å². The first-order valence-corrected chi connectivity index (χ1v) is 7.72. The van der Waals surface area contributed by atoms with Crippen LogP contribution in [0.25, 0.3) is 0 Å². The van der Waals surface area contributed by atoms with Crippen molar-refractivity contribution in [2.24, 2.45) is 17.3 Å². The number of hydrogen-bond donors (Lipinski definition) is 1. The lowest BCUT2D eigenvalue weighted by Crippen LogP contribution is -2.44. The van der Waals surface area contributed by atoms with Gasteiger partial charge in [0.15, 0.2) is 0 Å². The fraction of sp³-hybridized carbons (Fsp3) is 1.00. The van der Waals surface area contributed by atoms with E-state index in [0.717, 1.165) is 25.0 Å². The second kappa shape index (κ2) is 5.50. The van der Waals surface area contributed by atoms with Crippen LogP contribution in [0.4, 0.5) is 0 Å². The number of nitrogens with one attached hydrogen (secondary N) is 1. The van der Waals surface area contributed by atoms with Crippen LogP contribution in [0.1, 0.15) is 59.8 Å². The lowest BCUT2D eigenvalue weighted by molar-refractivity contribution is 0.0439. The lowest BCUT2D eigenvalue weighted by atomic mass is 9.74. The first kappa shape index (κ1) is 14.3. The topological polar surface area (TPSA) is 21.3 Å². The minimum absolute atomic E-state index is 0.242. The van der Waals surface area contributed by atoms with E-state index in [1.807, 2.05) is 0 Å². The van der Waals surface area contributed by atoms with Crippen molar-refractivity contribution in [1.29, 1.82) is 0 Å². The van der Waals surface area contributed by atoms with E-state index in [1.54, 1.807) is 0 Å². The van der Waals surface area contributed by atoms with Gasteiger partial charge >= 0.3 is 0 Å². The Bertz CT molecular complexity index is 261. The zero-order valence-electron chi connectivity index (χ0n) is 12.7. The van der Waals surface area contributed by atoms with E-state index in [0.29, 0.717) is 5.41 Å². The fourth-order valence-electron chi connectivity index (χ4n) is 3.24. The Morgan fingerprint density at radius 1 is 1.00 bits per heavy atom. The van der Waals surface area contributed by atoms with Crippen molar-refractivity contribution in [3.05, 3.63) is 0 Å². The number of rotatable bonds is 5. The highest BCUT2D eigenvalue weighted by Crippen LogP contribution is 2.49. The molecule has 0 aromatic rings. The Balaban J connectivity index is 1.88. The Hall–Kier alpha value is -0.0800. The molecule has 1 unspecified atom stereocenters. The van der Waals surface area contributed by atoms with Gasteiger partial charge < -0.3 is 10.1 Å². The molecule has 18 heavy (non-hydrogen) atoms. The van der Waals surface area contributed by atoms with Crippen LogP contribution in [-0.4, -0.2) is 25.3 Å². The van der Waals surface area contributed by atoms with Crippen LogP contribution in [0.5, 0.6) is 0 Å². The van der Waals surface area contributed by atoms with Gasteiger partial charge in [-0.15, -0.1) is 0 Å². The number of hydrogen-bond acceptors (Lipinski definition) is 2. The molecule has 0 spiro atoms. The summed E-state index contributed by atoms with van der Waals surface area (Å²) in [4.78, 5) is 0. The maximum absolute atomic E-state index is 5.49. The number of ether oxygens (including phenoxy) is 1. The summed E-state index contributed by atoms with van der Waals surface area (Å²) in [6, 6.07) is 0. The molecule has 0 aromatic heterocycles. The molecule has 2 nitrogen and oxygen atoms in total. The molecule has 0 radical (unpaired) electrons. The Labute approximate surface area is 113 Å². The van der Waals surface area contributed by atoms with Crippen molar-refractivity contribution in [3.8, 4) is 0 Å². The highest BCUT2D eigenvalue weighted by atomic mass is 16.5. The van der Waals surface area contributed by atoms with Crippen LogP contribution in [0.15, 0.2) is 0 Å². The monoisotopic (exact) mass is 253 g/mol. The molecule has 106 valence electrons. The molecular weight excluding hydrogens is 222 g/mol. The van der Waals surface area contributed by atoms with E-state index >= 15 is 0 Å². The molecule has 0 bridgehead atoms. The summed E-state index contributed by atoms with van der Waals surface area (Å²) >= 11 is 0. The molecule has 2 rings (SSSR count). The summed E-state index contributed by atoms with van der Waals surface area (Å²) in [5.74, 6) is 1.86. The van der Waals surface area contributed by atoms with Gasteiger partial charge in [-0.3, -0.25) is 0 Å². The third-order valence-electron chi connectivity index (χ3n) is 4.68. The van der Waals surface area contributed by atoms with Crippen molar-refractivity contribution in [3.63, 3.8) is 0 Å². The maximum Gasteiger partial charge on any atom is 0.0468 e. The fourth-order valence-corrected chi connectivity index (χ4v) is 3.24. The minimum Gasteiger partial charge on any atom is -0.381 e. The molecule has 1 atom stereocenters. The zero-order chi connectivity index (χ0) is 13.2. The summed E-state index contributed by atoms with van der Waals surface area (Å²) in [5.41, 5.74) is 0.751. The van der Waals surface area contributed by atoms with Crippen LogP contribution in [0, 0.1) is 17.3 Å². The van der Waals surface area contributed by atoms with E-state index in [9.17, 15) is 0 Å². The van der Waals surface area contributed by atoms with Crippen LogP contribution in [0.3, 0.4) is 0 Å². The molecule has 1 N–H and O–H groups in total. The molecule has 1 aliphatic heterocycles. The maximum atomic E-state index is 5.49.